The summed E-state index contributed by atoms with van der Waals surface area (Å²) in [5, 5.41) is 7.74. The first-order chi connectivity index (χ1) is 7.93. The molecule has 0 aromatic carbocycles. The van der Waals surface area contributed by atoms with E-state index >= 15 is 0 Å². The summed E-state index contributed by atoms with van der Waals surface area (Å²) in [7, 11) is 0. The van der Waals surface area contributed by atoms with Crippen LogP contribution in [0.5, 0.6) is 0 Å². The van der Waals surface area contributed by atoms with Crippen molar-refractivity contribution in [3.63, 3.8) is 0 Å². The van der Waals surface area contributed by atoms with Crippen molar-refractivity contribution in [1.29, 1.82) is 0 Å². The summed E-state index contributed by atoms with van der Waals surface area (Å²) in [6, 6.07) is 0. The van der Waals surface area contributed by atoms with E-state index in [2.05, 4.69) is 44.3 Å². The first-order valence-electron chi connectivity index (χ1n) is 6.30. The Hall–Kier alpha value is -0.870. The molecule has 1 unspecified atom stereocenters. The number of ether oxygens (including phenoxy) is 1. The van der Waals surface area contributed by atoms with Crippen molar-refractivity contribution in [3.05, 3.63) is 18.0 Å². The normalized spacial score (nSPS) is 13.9. The van der Waals surface area contributed by atoms with Crippen LogP contribution in [-0.2, 0) is 16.8 Å². The third kappa shape index (κ3) is 4.88. The Balaban J connectivity index is 2.35. The maximum absolute atomic E-state index is 5.46. The summed E-state index contributed by atoms with van der Waals surface area (Å²) in [6.45, 7) is 13.0. The third-order valence-electron chi connectivity index (χ3n) is 2.54. The van der Waals surface area contributed by atoms with E-state index in [9.17, 15) is 0 Å². The molecule has 0 fully saturated rings. The molecule has 1 atom stereocenters. The maximum Gasteiger partial charge on any atom is 0.0671 e. The molecule has 0 saturated carbocycles. The van der Waals surface area contributed by atoms with Crippen LogP contribution in [0, 0.1) is 0 Å². The molecule has 0 spiro atoms. The molecule has 4 heteroatoms. The van der Waals surface area contributed by atoms with Gasteiger partial charge in [0.15, 0.2) is 0 Å². The molecule has 98 valence electrons. The predicted octanol–water partition coefficient (Wildman–Crippen LogP) is 2.15. The van der Waals surface area contributed by atoms with Gasteiger partial charge in [-0.25, -0.2) is 0 Å². The zero-order valence-electron chi connectivity index (χ0n) is 11.7. The van der Waals surface area contributed by atoms with E-state index < -0.39 is 0 Å². The fourth-order valence-electron chi connectivity index (χ4n) is 1.58. The Kier molecular flexibility index (Phi) is 5.15. The Morgan fingerprint density at radius 1 is 1.47 bits per heavy atom. The van der Waals surface area contributed by atoms with Gasteiger partial charge in [0.05, 0.1) is 17.8 Å². The van der Waals surface area contributed by atoms with Gasteiger partial charge in [-0.2, -0.15) is 5.10 Å². The molecule has 1 aromatic heterocycles. The zero-order chi connectivity index (χ0) is 12.9. The average molecular weight is 239 g/mol. The van der Waals surface area contributed by atoms with Crippen molar-refractivity contribution in [2.24, 2.45) is 0 Å². The largest absolute Gasteiger partial charge is 0.377 e. The molecule has 1 aromatic rings. The molecule has 0 saturated heterocycles. The van der Waals surface area contributed by atoms with Crippen LogP contribution in [0.2, 0.25) is 0 Å². The van der Waals surface area contributed by atoms with Gasteiger partial charge in [-0.05, 0) is 34.6 Å². The van der Waals surface area contributed by atoms with Crippen LogP contribution in [0.25, 0.3) is 0 Å². The van der Waals surface area contributed by atoms with Crippen LogP contribution >= 0.6 is 0 Å². The molecule has 0 aliphatic heterocycles. The molecule has 0 aliphatic carbocycles. The second-order valence-electron chi connectivity index (χ2n) is 5.36. The van der Waals surface area contributed by atoms with E-state index in [0.29, 0.717) is 0 Å². The minimum atomic E-state index is 0.0524. The first-order valence-corrected chi connectivity index (χ1v) is 6.30. The molecule has 1 heterocycles. The topological polar surface area (TPSA) is 39.1 Å². The number of nitrogens with zero attached hydrogens (tertiary/aromatic N) is 2. The van der Waals surface area contributed by atoms with Gasteiger partial charge in [-0.1, -0.05) is 0 Å². The fourth-order valence-corrected chi connectivity index (χ4v) is 1.58. The highest BCUT2D eigenvalue weighted by molar-refractivity contribution is 5.04. The van der Waals surface area contributed by atoms with Crippen molar-refractivity contribution in [3.8, 4) is 0 Å². The zero-order valence-corrected chi connectivity index (χ0v) is 11.7. The molecule has 17 heavy (non-hydrogen) atoms. The van der Waals surface area contributed by atoms with Crippen LogP contribution < -0.4 is 5.32 Å². The Bertz CT molecular complexity index is 328. The van der Waals surface area contributed by atoms with Crippen molar-refractivity contribution in [2.75, 3.05) is 13.2 Å². The minimum Gasteiger partial charge on any atom is -0.377 e. The summed E-state index contributed by atoms with van der Waals surface area (Å²) in [6.07, 6.45) is 4.28. The summed E-state index contributed by atoms with van der Waals surface area (Å²) in [4.78, 5) is 0. The van der Waals surface area contributed by atoms with E-state index in [1.165, 1.54) is 5.56 Å². The first kappa shape index (κ1) is 14.2. The highest BCUT2D eigenvalue weighted by Gasteiger charge is 2.13. The van der Waals surface area contributed by atoms with E-state index in [1.807, 2.05) is 17.8 Å². The Morgan fingerprint density at radius 3 is 2.71 bits per heavy atom. The van der Waals surface area contributed by atoms with E-state index in [-0.39, 0.29) is 11.6 Å². The fraction of sp³-hybridized carbons (Fsp3) is 0.769. The van der Waals surface area contributed by atoms with Crippen LogP contribution in [0.3, 0.4) is 0 Å². The number of hydrogen-bond donors (Lipinski definition) is 1. The smallest absolute Gasteiger partial charge is 0.0671 e. The van der Waals surface area contributed by atoms with Gasteiger partial charge in [0.25, 0.3) is 0 Å². The maximum atomic E-state index is 5.46. The number of aromatic nitrogens is 2. The Morgan fingerprint density at radius 2 is 2.18 bits per heavy atom. The van der Waals surface area contributed by atoms with Crippen molar-refractivity contribution in [2.45, 2.75) is 52.8 Å². The third-order valence-corrected chi connectivity index (χ3v) is 2.54. The highest BCUT2D eigenvalue weighted by Crippen LogP contribution is 2.12. The standard InChI is InChI=1S/C13H25N3O/c1-6-17-11(2)7-14-8-12-9-15-16(10-12)13(3,4)5/h9-11,14H,6-8H2,1-5H3. The van der Waals surface area contributed by atoms with Gasteiger partial charge in [0.2, 0.25) is 0 Å². The second-order valence-corrected chi connectivity index (χ2v) is 5.36. The molecular formula is C13H25N3O. The summed E-state index contributed by atoms with van der Waals surface area (Å²) >= 11 is 0. The SMILES string of the molecule is CCOC(C)CNCc1cnn(C(C)(C)C)c1. The Labute approximate surface area is 104 Å². The van der Waals surface area contributed by atoms with E-state index in [1.54, 1.807) is 0 Å². The predicted molar refractivity (Wildman–Crippen MR) is 70.0 cm³/mol. The van der Waals surface area contributed by atoms with Gasteiger partial charge >= 0.3 is 0 Å². The van der Waals surface area contributed by atoms with Gasteiger partial charge in [-0.15, -0.1) is 0 Å². The van der Waals surface area contributed by atoms with E-state index in [4.69, 9.17) is 4.74 Å². The van der Waals surface area contributed by atoms with E-state index in [0.717, 1.165) is 19.7 Å². The van der Waals surface area contributed by atoms with Gasteiger partial charge in [0, 0.05) is 31.5 Å². The summed E-state index contributed by atoms with van der Waals surface area (Å²) < 4.78 is 7.45. The molecular weight excluding hydrogens is 214 g/mol. The van der Waals surface area contributed by atoms with Gasteiger partial charge < -0.3 is 10.1 Å². The lowest BCUT2D eigenvalue weighted by Crippen LogP contribution is -2.26. The number of rotatable bonds is 6. The highest BCUT2D eigenvalue weighted by atomic mass is 16.5. The van der Waals surface area contributed by atoms with Crippen molar-refractivity contribution in [1.82, 2.24) is 15.1 Å². The van der Waals surface area contributed by atoms with Crippen LogP contribution in [0.15, 0.2) is 12.4 Å². The molecule has 0 radical (unpaired) electrons. The van der Waals surface area contributed by atoms with Crippen LogP contribution in [-0.4, -0.2) is 29.0 Å². The monoisotopic (exact) mass is 239 g/mol. The minimum absolute atomic E-state index is 0.0524. The lowest BCUT2D eigenvalue weighted by molar-refractivity contribution is 0.0759. The molecule has 0 aliphatic rings. The van der Waals surface area contributed by atoms with Crippen LogP contribution in [0.4, 0.5) is 0 Å². The lowest BCUT2D eigenvalue weighted by atomic mass is 10.1. The number of nitrogens with one attached hydrogen (secondary N) is 1. The quantitative estimate of drug-likeness (QED) is 0.827. The number of hydrogen-bond acceptors (Lipinski definition) is 3. The molecule has 1 rings (SSSR count). The van der Waals surface area contributed by atoms with Crippen LogP contribution in [0.1, 0.15) is 40.2 Å². The van der Waals surface area contributed by atoms with Crippen molar-refractivity contribution >= 4 is 0 Å². The molecule has 1 N–H and O–H groups in total. The van der Waals surface area contributed by atoms with Gasteiger partial charge in [0.1, 0.15) is 0 Å². The molecule has 0 amide bonds. The van der Waals surface area contributed by atoms with Gasteiger partial charge in [-0.3, -0.25) is 4.68 Å². The second kappa shape index (κ2) is 6.17. The molecule has 0 bridgehead atoms. The average Bonchev–Trinajstić information content (AvgIpc) is 2.66. The summed E-state index contributed by atoms with van der Waals surface area (Å²) in [5.41, 5.74) is 1.26. The lowest BCUT2D eigenvalue weighted by Gasteiger charge is -2.18. The molecule has 4 nitrogen and oxygen atoms in total. The van der Waals surface area contributed by atoms with Crippen molar-refractivity contribution < 1.29 is 4.74 Å². The summed E-state index contributed by atoms with van der Waals surface area (Å²) in [5.74, 6) is 0.